The summed E-state index contributed by atoms with van der Waals surface area (Å²) in [7, 11) is 1.51. The van der Waals surface area contributed by atoms with Gasteiger partial charge in [0.15, 0.2) is 5.69 Å². The van der Waals surface area contributed by atoms with E-state index in [0.717, 1.165) is 55.2 Å². The lowest BCUT2D eigenvalue weighted by Crippen LogP contribution is -2.24. The Morgan fingerprint density at radius 2 is 1.35 bits per heavy atom. The molecule has 1 aliphatic rings. The largest absolute Gasteiger partial charge is 0.308 e. The molecule has 0 bridgehead atoms. The molecule has 0 aliphatic carbocycles. The predicted octanol–water partition coefficient (Wildman–Crippen LogP) is 8.38. The monoisotopic (exact) mass is 556 g/mol. The third kappa shape index (κ3) is 3.85. The molecular weight excluding hydrogens is 532 g/mol. The maximum absolute atomic E-state index is 13.3. The van der Waals surface area contributed by atoms with Crippen LogP contribution in [0.25, 0.3) is 54.6 Å². The fraction of sp³-hybridized carbons (Fsp3) is 0.0811. The number of benzene rings is 5. The highest BCUT2D eigenvalue weighted by Gasteiger charge is 2.35. The van der Waals surface area contributed by atoms with Crippen molar-refractivity contribution in [2.45, 2.75) is 13.8 Å². The van der Waals surface area contributed by atoms with E-state index in [1.807, 2.05) is 62.4 Å². The van der Waals surface area contributed by atoms with Gasteiger partial charge in [-0.25, -0.2) is 4.85 Å². The average Bonchev–Trinajstić information content (AvgIpc) is 3.46. The van der Waals surface area contributed by atoms with E-state index >= 15 is 0 Å². The number of hydrogen-bond acceptors (Lipinski definition) is 3. The van der Waals surface area contributed by atoms with Gasteiger partial charge in [-0.1, -0.05) is 48.0 Å². The Balaban J connectivity index is 1.54. The van der Waals surface area contributed by atoms with E-state index in [2.05, 4.69) is 51.9 Å². The zero-order valence-electron chi connectivity index (χ0n) is 23.8. The first-order valence-corrected chi connectivity index (χ1v) is 13.8. The summed E-state index contributed by atoms with van der Waals surface area (Å²) in [5, 5.41) is 11.4. The van der Waals surface area contributed by atoms with Crippen molar-refractivity contribution in [2.75, 3.05) is 7.05 Å². The molecule has 6 heteroatoms. The normalized spacial score (nSPS) is 12.5. The van der Waals surface area contributed by atoms with Crippen LogP contribution in [0.5, 0.6) is 0 Å². The first kappa shape index (κ1) is 26.0. The van der Waals surface area contributed by atoms with Gasteiger partial charge in [0, 0.05) is 17.8 Å². The van der Waals surface area contributed by atoms with Gasteiger partial charge in [0.25, 0.3) is 11.8 Å². The van der Waals surface area contributed by atoms with Crippen molar-refractivity contribution in [1.82, 2.24) is 9.47 Å². The summed E-state index contributed by atoms with van der Waals surface area (Å²) in [4.78, 5) is 30.9. The summed E-state index contributed by atoms with van der Waals surface area (Å²) in [6, 6.07) is 31.6. The van der Waals surface area contributed by atoms with Gasteiger partial charge in [-0.05, 0) is 90.2 Å². The second-order valence-electron chi connectivity index (χ2n) is 10.9. The number of aromatic nitrogens is 1. The molecule has 7 rings (SSSR count). The van der Waals surface area contributed by atoms with Crippen molar-refractivity contribution in [2.24, 2.45) is 0 Å². The van der Waals surface area contributed by atoms with Crippen LogP contribution in [-0.4, -0.2) is 28.3 Å². The smallest absolute Gasteiger partial charge is 0.263 e. The summed E-state index contributed by atoms with van der Waals surface area (Å²) in [5.74, 6) is -0.621. The van der Waals surface area contributed by atoms with Crippen LogP contribution in [0.4, 0.5) is 5.69 Å². The van der Waals surface area contributed by atoms with Crippen LogP contribution in [-0.2, 0) is 0 Å². The van der Waals surface area contributed by atoms with Crippen molar-refractivity contribution < 1.29 is 9.59 Å². The number of nitriles is 1. The van der Waals surface area contributed by atoms with E-state index in [1.54, 1.807) is 6.07 Å². The minimum atomic E-state index is -0.317. The van der Waals surface area contributed by atoms with Crippen LogP contribution >= 0.6 is 0 Å². The number of hydrogen-bond donors (Lipinski definition) is 0. The van der Waals surface area contributed by atoms with Gasteiger partial charge in [0.1, 0.15) is 0 Å². The maximum atomic E-state index is 13.3. The van der Waals surface area contributed by atoms with Gasteiger partial charge < -0.3 is 4.57 Å². The number of carbonyl (C=O) groups excluding carboxylic acids is 2. The van der Waals surface area contributed by atoms with Crippen molar-refractivity contribution >= 4 is 39.3 Å². The Bertz CT molecular complexity index is 2170. The van der Waals surface area contributed by atoms with Crippen molar-refractivity contribution in [1.29, 1.82) is 5.26 Å². The third-order valence-electron chi connectivity index (χ3n) is 8.42. The van der Waals surface area contributed by atoms with Gasteiger partial charge >= 0.3 is 0 Å². The molecule has 0 atom stereocenters. The topological polar surface area (TPSA) is 70.5 Å². The number of nitrogens with zero attached hydrogens (tertiary/aromatic N) is 4. The molecule has 0 N–H and O–H groups in total. The standard InChI is InChI=1S/C37H24N4O2/c1-21-16-23(20-38)8-12-27(21)24-9-14-32-30(18-24)31-19-25(28-13-11-26(39-3)17-22(28)2)10-15-33(31)41(32)34-7-5-6-29-35(34)37(43)40(4)36(29)42/h5-19H,1-2,4H3. The molecule has 0 saturated heterocycles. The number of rotatable bonds is 3. The molecule has 43 heavy (non-hydrogen) atoms. The third-order valence-corrected chi connectivity index (χ3v) is 8.42. The lowest BCUT2D eigenvalue weighted by molar-refractivity contribution is 0.0693. The molecule has 2 heterocycles. The highest BCUT2D eigenvalue weighted by Crippen LogP contribution is 2.40. The van der Waals surface area contributed by atoms with Crippen LogP contribution in [0.15, 0.2) is 91.0 Å². The Morgan fingerprint density at radius 1 is 0.721 bits per heavy atom. The molecular formula is C37H24N4O2. The first-order chi connectivity index (χ1) is 20.8. The number of aryl methyl sites for hydroxylation is 2. The fourth-order valence-electron chi connectivity index (χ4n) is 6.29. The molecule has 6 aromatic rings. The van der Waals surface area contributed by atoms with Gasteiger partial charge in [0.2, 0.25) is 0 Å². The van der Waals surface area contributed by atoms with Crippen LogP contribution in [0.3, 0.4) is 0 Å². The molecule has 1 aromatic heterocycles. The zero-order chi connectivity index (χ0) is 30.0. The SMILES string of the molecule is [C-]#[N+]c1ccc(-c2ccc3c(c2)c2cc(-c4ccc(C#N)cc4C)ccc2n3-c2cccc3c2C(=O)N(C)C3=O)c(C)c1. The fourth-order valence-corrected chi connectivity index (χ4v) is 6.29. The predicted molar refractivity (Wildman–Crippen MR) is 169 cm³/mol. The molecule has 1 aliphatic heterocycles. The second kappa shape index (κ2) is 9.55. The lowest BCUT2D eigenvalue weighted by atomic mass is 9.96. The Kier molecular flexibility index (Phi) is 5.76. The minimum absolute atomic E-state index is 0.304. The van der Waals surface area contributed by atoms with E-state index < -0.39 is 0 Å². The molecule has 2 amide bonds. The quantitative estimate of drug-likeness (QED) is 0.162. The van der Waals surface area contributed by atoms with Gasteiger partial charge in [-0.3, -0.25) is 14.5 Å². The van der Waals surface area contributed by atoms with E-state index in [-0.39, 0.29) is 11.8 Å². The molecule has 0 saturated carbocycles. The number of imide groups is 1. The minimum Gasteiger partial charge on any atom is -0.308 e. The summed E-state index contributed by atoms with van der Waals surface area (Å²) in [5.41, 5.74) is 10.6. The molecule has 0 spiro atoms. The molecule has 0 unspecified atom stereocenters. The summed E-state index contributed by atoms with van der Waals surface area (Å²) in [6.07, 6.45) is 0. The Hall–Kier alpha value is -5.98. The summed E-state index contributed by atoms with van der Waals surface area (Å²) >= 11 is 0. The second-order valence-corrected chi connectivity index (χ2v) is 10.9. The number of carbonyl (C=O) groups is 2. The number of fused-ring (bicyclic) bond motifs is 4. The van der Waals surface area contributed by atoms with Crippen molar-refractivity contribution in [3.8, 4) is 34.0 Å². The molecule has 204 valence electrons. The zero-order valence-corrected chi connectivity index (χ0v) is 23.8. The van der Waals surface area contributed by atoms with Crippen LogP contribution < -0.4 is 0 Å². The van der Waals surface area contributed by atoms with E-state index in [0.29, 0.717) is 28.1 Å². The van der Waals surface area contributed by atoms with E-state index in [4.69, 9.17) is 6.57 Å². The lowest BCUT2D eigenvalue weighted by Gasteiger charge is -2.13. The maximum Gasteiger partial charge on any atom is 0.263 e. The number of amides is 2. The van der Waals surface area contributed by atoms with Crippen LogP contribution in [0.2, 0.25) is 0 Å². The average molecular weight is 557 g/mol. The van der Waals surface area contributed by atoms with Gasteiger partial charge in [-0.2, -0.15) is 5.26 Å². The van der Waals surface area contributed by atoms with Crippen LogP contribution in [0.1, 0.15) is 37.4 Å². The molecule has 6 nitrogen and oxygen atoms in total. The van der Waals surface area contributed by atoms with Gasteiger partial charge in [-0.15, -0.1) is 0 Å². The summed E-state index contributed by atoms with van der Waals surface area (Å²) in [6.45, 7) is 11.4. The van der Waals surface area contributed by atoms with Crippen LogP contribution in [0, 0.1) is 31.8 Å². The molecule has 0 radical (unpaired) electrons. The Morgan fingerprint density at radius 3 is 1.93 bits per heavy atom. The van der Waals surface area contributed by atoms with Crippen molar-refractivity contribution in [3.05, 3.63) is 130 Å². The molecule has 5 aromatic carbocycles. The first-order valence-electron chi connectivity index (χ1n) is 13.8. The molecule has 0 fully saturated rings. The van der Waals surface area contributed by atoms with E-state index in [9.17, 15) is 14.9 Å². The van der Waals surface area contributed by atoms with Gasteiger partial charge in [0.05, 0.1) is 46.1 Å². The van der Waals surface area contributed by atoms with E-state index in [1.165, 1.54) is 11.9 Å². The highest BCUT2D eigenvalue weighted by atomic mass is 16.2. The highest BCUT2D eigenvalue weighted by molar-refractivity contribution is 6.23. The summed E-state index contributed by atoms with van der Waals surface area (Å²) < 4.78 is 2.07. The van der Waals surface area contributed by atoms with Crippen molar-refractivity contribution in [3.63, 3.8) is 0 Å². The Labute approximate surface area is 248 Å².